The summed E-state index contributed by atoms with van der Waals surface area (Å²) in [6, 6.07) is 21.4. The Hall–Kier alpha value is -4.39. The molecule has 4 aromatic carbocycles. The number of aromatic hydroxyl groups is 2. The minimum atomic E-state index is -0.201. The molecule has 2 N–H and O–H groups in total. The molecule has 0 aliphatic carbocycles. The van der Waals surface area contributed by atoms with Crippen LogP contribution in [0.3, 0.4) is 0 Å². The number of hydrogen-bond acceptors (Lipinski definition) is 7. The van der Waals surface area contributed by atoms with Crippen LogP contribution < -0.4 is 9.47 Å². The number of phenolic OH excluding ortho intramolecular Hbond substituents is 2. The summed E-state index contributed by atoms with van der Waals surface area (Å²) < 4.78 is 11.0. The van der Waals surface area contributed by atoms with Gasteiger partial charge in [-0.05, 0) is 53.6 Å². The van der Waals surface area contributed by atoms with Crippen molar-refractivity contribution in [3.05, 3.63) is 66.7 Å². The zero-order valence-corrected chi connectivity index (χ0v) is 18.8. The summed E-state index contributed by atoms with van der Waals surface area (Å²) >= 11 is 0. The number of rotatable bonds is 6. The summed E-state index contributed by atoms with van der Waals surface area (Å²) in [7, 11) is 0. The molecule has 1 aromatic heterocycles. The molecule has 0 saturated heterocycles. The van der Waals surface area contributed by atoms with Crippen LogP contribution in [0.1, 0.15) is 13.8 Å². The van der Waals surface area contributed by atoms with E-state index >= 15 is 0 Å². The van der Waals surface area contributed by atoms with Crippen molar-refractivity contribution >= 4 is 21.5 Å². The lowest BCUT2D eigenvalue weighted by Crippen LogP contribution is -2.03. The monoisotopic (exact) mass is 453 g/mol. The van der Waals surface area contributed by atoms with E-state index in [2.05, 4.69) is 39.2 Å². The van der Waals surface area contributed by atoms with E-state index in [1.807, 2.05) is 44.2 Å². The van der Waals surface area contributed by atoms with E-state index in [-0.39, 0.29) is 28.9 Å². The molecule has 7 heteroatoms. The maximum atomic E-state index is 10.6. The van der Waals surface area contributed by atoms with Crippen LogP contribution in [-0.4, -0.2) is 38.4 Å². The molecule has 0 saturated carbocycles. The fraction of sp³-hybridized carbons (Fsp3) is 0.148. The fourth-order valence-corrected chi connectivity index (χ4v) is 3.94. The average molecular weight is 453 g/mol. The highest BCUT2D eigenvalue weighted by molar-refractivity contribution is 5.99. The molecule has 0 atom stereocenters. The summed E-state index contributed by atoms with van der Waals surface area (Å²) in [5, 5.41) is 25.6. The van der Waals surface area contributed by atoms with Crippen molar-refractivity contribution < 1.29 is 19.7 Å². The van der Waals surface area contributed by atoms with Gasteiger partial charge in [0.15, 0.2) is 11.6 Å². The summed E-state index contributed by atoms with van der Waals surface area (Å²) in [5.74, 6) is 0.421. The van der Waals surface area contributed by atoms with Crippen LogP contribution in [0.25, 0.3) is 44.3 Å². The van der Waals surface area contributed by atoms with Crippen LogP contribution in [0.4, 0.5) is 0 Å². The van der Waals surface area contributed by atoms with E-state index in [4.69, 9.17) is 9.47 Å². The van der Waals surface area contributed by atoms with Gasteiger partial charge >= 0.3 is 6.01 Å². The van der Waals surface area contributed by atoms with Gasteiger partial charge in [-0.3, -0.25) is 0 Å². The molecule has 7 nitrogen and oxygen atoms in total. The van der Waals surface area contributed by atoms with Crippen molar-refractivity contribution in [1.82, 2.24) is 15.0 Å². The lowest BCUT2D eigenvalue weighted by atomic mass is 10.0. The number of benzene rings is 4. The first-order chi connectivity index (χ1) is 16.6. The van der Waals surface area contributed by atoms with E-state index in [0.717, 1.165) is 21.7 Å². The van der Waals surface area contributed by atoms with Crippen molar-refractivity contribution in [3.63, 3.8) is 0 Å². The maximum Gasteiger partial charge on any atom is 0.320 e. The Bertz CT molecular complexity index is 1490. The van der Waals surface area contributed by atoms with Gasteiger partial charge in [0.25, 0.3) is 0 Å². The number of ether oxygens (including phenoxy) is 2. The molecular formula is C27H23N3O4. The third kappa shape index (κ3) is 4.03. The summed E-state index contributed by atoms with van der Waals surface area (Å²) in [4.78, 5) is 13.3. The number of hydrogen-bond donors (Lipinski definition) is 2. The van der Waals surface area contributed by atoms with Gasteiger partial charge in [-0.15, -0.1) is 0 Å². The molecule has 0 amide bonds. The molecule has 34 heavy (non-hydrogen) atoms. The quantitative estimate of drug-likeness (QED) is 0.317. The second-order valence-electron chi connectivity index (χ2n) is 7.73. The normalized spacial score (nSPS) is 11.1. The first-order valence-corrected chi connectivity index (χ1v) is 11.1. The van der Waals surface area contributed by atoms with Gasteiger partial charge in [-0.1, -0.05) is 36.4 Å². The van der Waals surface area contributed by atoms with Gasteiger partial charge in [-0.25, -0.2) is 4.98 Å². The van der Waals surface area contributed by atoms with Gasteiger partial charge in [0.1, 0.15) is 22.8 Å². The highest BCUT2D eigenvalue weighted by Gasteiger charge is 2.19. The molecule has 1 heterocycles. The number of phenols is 2. The van der Waals surface area contributed by atoms with Crippen LogP contribution in [0.15, 0.2) is 66.7 Å². The first-order valence-electron chi connectivity index (χ1n) is 11.1. The summed E-state index contributed by atoms with van der Waals surface area (Å²) in [6.45, 7) is 4.41. The van der Waals surface area contributed by atoms with Crippen LogP contribution in [0.2, 0.25) is 0 Å². The smallest absolute Gasteiger partial charge is 0.320 e. The summed E-state index contributed by atoms with van der Waals surface area (Å²) in [5.41, 5.74) is 0.845. The molecule has 0 bridgehead atoms. The van der Waals surface area contributed by atoms with Gasteiger partial charge in [-0.2, -0.15) is 9.97 Å². The third-order valence-electron chi connectivity index (χ3n) is 5.46. The molecule has 0 aliphatic heterocycles. The first kappa shape index (κ1) is 21.5. The Morgan fingerprint density at radius 3 is 1.94 bits per heavy atom. The SMILES string of the molecule is CCOc1cc(O)c(-c2nc(OCC)nc(-c3ccc4cc5ccccc5cc4c3)n2)c(O)c1. The van der Waals surface area contributed by atoms with Gasteiger partial charge in [0.2, 0.25) is 0 Å². The van der Waals surface area contributed by atoms with Crippen molar-refractivity contribution in [3.8, 4) is 46.0 Å². The van der Waals surface area contributed by atoms with E-state index in [0.29, 0.717) is 24.8 Å². The fourth-order valence-electron chi connectivity index (χ4n) is 3.94. The zero-order chi connectivity index (χ0) is 23.7. The minimum Gasteiger partial charge on any atom is -0.507 e. The molecule has 0 radical (unpaired) electrons. The number of fused-ring (bicyclic) bond motifs is 2. The Kier molecular flexibility index (Phi) is 5.59. The molecule has 5 aromatic rings. The van der Waals surface area contributed by atoms with E-state index in [1.165, 1.54) is 17.5 Å². The predicted molar refractivity (Wildman–Crippen MR) is 131 cm³/mol. The zero-order valence-electron chi connectivity index (χ0n) is 18.8. The molecular weight excluding hydrogens is 430 g/mol. The Balaban J connectivity index is 1.65. The Morgan fingerprint density at radius 1 is 0.647 bits per heavy atom. The number of aromatic nitrogens is 3. The van der Waals surface area contributed by atoms with Crippen LogP contribution in [0.5, 0.6) is 23.3 Å². The van der Waals surface area contributed by atoms with Gasteiger partial charge < -0.3 is 19.7 Å². The predicted octanol–water partition coefficient (Wildman–Crippen LogP) is 5.72. The molecule has 0 aliphatic rings. The van der Waals surface area contributed by atoms with Gasteiger partial charge in [0, 0.05) is 17.7 Å². The van der Waals surface area contributed by atoms with E-state index in [9.17, 15) is 10.2 Å². The minimum absolute atomic E-state index is 0.0832. The van der Waals surface area contributed by atoms with Crippen molar-refractivity contribution in [1.29, 1.82) is 0 Å². The standard InChI is InChI=1S/C27H23N3O4/c1-3-33-21-14-22(31)24(23(32)15-21)26-28-25(29-27(30-26)34-4-2)19-10-9-18-11-16-7-5-6-8-17(16)12-20(18)13-19/h5-15,31-32H,3-4H2,1-2H3. The van der Waals surface area contributed by atoms with Crippen molar-refractivity contribution in [2.45, 2.75) is 13.8 Å². The van der Waals surface area contributed by atoms with E-state index in [1.54, 1.807) is 0 Å². The second-order valence-corrected chi connectivity index (χ2v) is 7.73. The molecule has 0 unspecified atom stereocenters. The topological polar surface area (TPSA) is 97.6 Å². The third-order valence-corrected chi connectivity index (χ3v) is 5.46. The highest BCUT2D eigenvalue weighted by atomic mass is 16.5. The summed E-state index contributed by atoms with van der Waals surface area (Å²) in [6.07, 6.45) is 0. The number of nitrogens with zero attached hydrogens (tertiary/aromatic N) is 3. The molecule has 0 spiro atoms. The maximum absolute atomic E-state index is 10.6. The van der Waals surface area contributed by atoms with Crippen LogP contribution in [-0.2, 0) is 0 Å². The van der Waals surface area contributed by atoms with E-state index < -0.39 is 0 Å². The molecule has 0 fully saturated rings. The highest BCUT2D eigenvalue weighted by Crippen LogP contribution is 2.40. The Labute approximate surface area is 196 Å². The second kappa shape index (κ2) is 8.86. The van der Waals surface area contributed by atoms with Crippen molar-refractivity contribution in [2.75, 3.05) is 13.2 Å². The average Bonchev–Trinajstić information content (AvgIpc) is 2.82. The van der Waals surface area contributed by atoms with Crippen molar-refractivity contribution in [2.24, 2.45) is 0 Å². The van der Waals surface area contributed by atoms with Gasteiger partial charge in [0.05, 0.1) is 13.2 Å². The lowest BCUT2D eigenvalue weighted by molar-refractivity contribution is 0.312. The largest absolute Gasteiger partial charge is 0.507 e. The van der Waals surface area contributed by atoms with Crippen LogP contribution in [0, 0.1) is 0 Å². The van der Waals surface area contributed by atoms with Crippen LogP contribution >= 0.6 is 0 Å². The Morgan fingerprint density at radius 2 is 1.26 bits per heavy atom. The lowest BCUT2D eigenvalue weighted by Gasteiger charge is -2.12. The molecule has 170 valence electrons. The molecule has 5 rings (SSSR count).